The first-order chi connectivity index (χ1) is 3.68. The van der Waals surface area contributed by atoms with Crippen molar-refractivity contribution in [3.8, 4) is 0 Å². The Morgan fingerprint density at radius 1 is 1.38 bits per heavy atom. The number of carbonyl (C=O) groups is 2. The zero-order valence-electron chi connectivity index (χ0n) is 4.97. The van der Waals surface area contributed by atoms with Gasteiger partial charge in [0.2, 0.25) is 0 Å². The standard InChI is InChI=1S/C6H8O2/c1-5(3-4-7)6(2)8/h3-4H,1-2H3/b5-3-. The van der Waals surface area contributed by atoms with E-state index in [1.54, 1.807) is 6.92 Å². The van der Waals surface area contributed by atoms with Crippen LogP contribution in [0.15, 0.2) is 11.6 Å². The lowest BCUT2D eigenvalue weighted by molar-refractivity contribution is -0.114. The van der Waals surface area contributed by atoms with E-state index in [1.807, 2.05) is 0 Å². The van der Waals surface area contributed by atoms with Crippen molar-refractivity contribution in [1.29, 1.82) is 0 Å². The summed E-state index contributed by atoms with van der Waals surface area (Å²) in [7, 11) is 0. The predicted octanol–water partition coefficient (Wildman–Crippen LogP) is 0.721. The Kier molecular flexibility index (Phi) is 2.77. The Hall–Kier alpha value is -0.920. The molecule has 8 heavy (non-hydrogen) atoms. The summed E-state index contributed by atoms with van der Waals surface area (Å²) < 4.78 is 0. The van der Waals surface area contributed by atoms with Crippen LogP contribution in [-0.4, -0.2) is 12.1 Å². The van der Waals surface area contributed by atoms with Crippen LogP contribution in [0, 0.1) is 0 Å². The van der Waals surface area contributed by atoms with Gasteiger partial charge >= 0.3 is 0 Å². The van der Waals surface area contributed by atoms with Gasteiger partial charge in [0.15, 0.2) is 5.78 Å². The summed E-state index contributed by atoms with van der Waals surface area (Å²) in [6.07, 6.45) is 1.86. The topological polar surface area (TPSA) is 34.1 Å². The van der Waals surface area contributed by atoms with Crippen molar-refractivity contribution < 1.29 is 9.59 Å². The molecular weight excluding hydrogens is 104 g/mol. The smallest absolute Gasteiger partial charge is 0.155 e. The van der Waals surface area contributed by atoms with Crippen LogP contribution in [0.5, 0.6) is 0 Å². The summed E-state index contributed by atoms with van der Waals surface area (Å²) in [5.41, 5.74) is 0.500. The van der Waals surface area contributed by atoms with Crippen molar-refractivity contribution in [3.63, 3.8) is 0 Å². The van der Waals surface area contributed by atoms with Gasteiger partial charge in [-0.25, -0.2) is 0 Å². The van der Waals surface area contributed by atoms with Crippen molar-refractivity contribution in [3.05, 3.63) is 11.6 Å². The first-order valence-corrected chi connectivity index (χ1v) is 2.31. The highest BCUT2D eigenvalue weighted by Gasteiger charge is 1.91. The Morgan fingerprint density at radius 3 is 2.00 bits per heavy atom. The zero-order chi connectivity index (χ0) is 6.57. The first kappa shape index (κ1) is 7.08. The average Bonchev–Trinajstić information content (AvgIpc) is 1.67. The van der Waals surface area contributed by atoms with Gasteiger partial charge < -0.3 is 0 Å². The molecule has 0 aromatic carbocycles. The van der Waals surface area contributed by atoms with Crippen molar-refractivity contribution in [2.75, 3.05) is 0 Å². The summed E-state index contributed by atoms with van der Waals surface area (Å²) >= 11 is 0. The van der Waals surface area contributed by atoms with Gasteiger partial charge in [-0.1, -0.05) is 0 Å². The first-order valence-electron chi connectivity index (χ1n) is 2.31. The number of rotatable bonds is 2. The summed E-state index contributed by atoms with van der Waals surface area (Å²) in [6.45, 7) is 3.03. The molecule has 0 amide bonds. The molecule has 0 N–H and O–H groups in total. The highest BCUT2D eigenvalue weighted by Crippen LogP contribution is 1.89. The van der Waals surface area contributed by atoms with Gasteiger partial charge in [0, 0.05) is 0 Å². The van der Waals surface area contributed by atoms with Gasteiger partial charge in [0.25, 0.3) is 0 Å². The van der Waals surface area contributed by atoms with Crippen molar-refractivity contribution >= 4 is 12.1 Å². The maximum absolute atomic E-state index is 10.3. The molecule has 0 aliphatic heterocycles. The number of aldehydes is 1. The number of hydrogen-bond acceptors (Lipinski definition) is 2. The highest BCUT2D eigenvalue weighted by molar-refractivity contribution is 5.95. The van der Waals surface area contributed by atoms with E-state index in [0.717, 1.165) is 0 Å². The van der Waals surface area contributed by atoms with Gasteiger partial charge in [-0.3, -0.25) is 9.59 Å². The third kappa shape index (κ3) is 2.29. The van der Waals surface area contributed by atoms with Gasteiger partial charge in [-0.2, -0.15) is 0 Å². The maximum Gasteiger partial charge on any atom is 0.155 e. The largest absolute Gasteiger partial charge is 0.299 e. The molecule has 0 aliphatic carbocycles. The van der Waals surface area contributed by atoms with E-state index >= 15 is 0 Å². The Morgan fingerprint density at radius 2 is 1.88 bits per heavy atom. The molecule has 44 valence electrons. The van der Waals surface area contributed by atoms with Crippen molar-refractivity contribution in [1.82, 2.24) is 0 Å². The molecule has 0 radical (unpaired) electrons. The SMILES string of the molecule is CC(=O)/C(C)=C\C=O. The molecule has 0 aromatic rings. The molecule has 0 aromatic heterocycles. The second kappa shape index (κ2) is 3.13. The molecule has 0 aliphatic rings. The quantitative estimate of drug-likeness (QED) is 0.389. The fraction of sp³-hybridized carbons (Fsp3) is 0.333. The average molecular weight is 112 g/mol. The Labute approximate surface area is 48.2 Å². The fourth-order valence-corrected chi connectivity index (χ4v) is 0.219. The second-order valence-electron chi connectivity index (χ2n) is 1.54. The lowest BCUT2D eigenvalue weighted by Gasteiger charge is -1.84. The van der Waals surface area contributed by atoms with Crippen LogP contribution in [0.3, 0.4) is 0 Å². The Bertz CT molecular complexity index is 133. The predicted molar refractivity (Wildman–Crippen MR) is 30.5 cm³/mol. The lowest BCUT2D eigenvalue weighted by Crippen LogP contribution is -1.90. The van der Waals surface area contributed by atoms with Crippen LogP contribution in [0.1, 0.15) is 13.8 Å². The highest BCUT2D eigenvalue weighted by atomic mass is 16.1. The monoisotopic (exact) mass is 112 g/mol. The van der Waals surface area contributed by atoms with Gasteiger partial charge in [0.1, 0.15) is 6.29 Å². The van der Waals surface area contributed by atoms with E-state index in [-0.39, 0.29) is 5.78 Å². The number of carbonyl (C=O) groups excluding carboxylic acids is 2. The molecule has 0 saturated heterocycles. The van der Waals surface area contributed by atoms with E-state index in [2.05, 4.69) is 0 Å². The minimum Gasteiger partial charge on any atom is -0.299 e. The Balaban J connectivity index is 3.99. The normalized spacial score (nSPS) is 11.0. The van der Waals surface area contributed by atoms with Crippen LogP contribution in [0.2, 0.25) is 0 Å². The third-order valence-corrected chi connectivity index (χ3v) is 0.873. The molecular formula is C6H8O2. The molecule has 0 unspecified atom stereocenters. The summed E-state index contributed by atoms with van der Waals surface area (Å²) in [6, 6.07) is 0. The molecule has 0 bridgehead atoms. The van der Waals surface area contributed by atoms with Crippen LogP contribution in [0.4, 0.5) is 0 Å². The molecule has 0 heterocycles. The number of hydrogen-bond donors (Lipinski definition) is 0. The van der Waals surface area contributed by atoms with Crippen LogP contribution < -0.4 is 0 Å². The van der Waals surface area contributed by atoms with E-state index in [0.29, 0.717) is 11.9 Å². The molecule has 0 fully saturated rings. The molecule has 2 heteroatoms. The van der Waals surface area contributed by atoms with Crippen molar-refractivity contribution in [2.24, 2.45) is 0 Å². The van der Waals surface area contributed by atoms with E-state index in [9.17, 15) is 9.59 Å². The van der Waals surface area contributed by atoms with E-state index in [4.69, 9.17) is 0 Å². The molecule has 0 saturated carbocycles. The van der Waals surface area contributed by atoms with E-state index in [1.165, 1.54) is 13.0 Å². The maximum atomic E-state index is 10.3. The number of ketones is 1. The van der Waals surface area contributed by atoms with Gasteiger partial charge in [-0.05, 0) is 25.5 Å². The fourth-order valence-electron chi connectivity index (χ4n) is 0.219. The third-order valence-electron chi connectivity index (χ3n) is 0.873. The summed E-state index contributed by atoms with van der Waals surface area (Å²) in [4.78, 5) is 20.0. The van der Waals surface area contributed by atoms with Crippen molar-refractivity contribution in [2.45, 2.75) is 13.8 Å². The van der Waals surface area contributed by atoms with Crippen LogP contribution in [-0.2, 0) is 9.59 Å². The van der Waals surface area contributed by atoms with Crippen LogP contribution in [0.25, 0.3) is 0 Å². The van der Waals surface area contributed by atoms with Gasteiger partial charge in [0.05, 0.1) is 0 Å². The van der Waals surface area contributed by atoms with Crippen LogP contribution >= 0.6 is 0 Å². The molecule has 0 spiro atoms. The van der Waals surface area contributed by atoms with E-state index < -0.39 is 0 Å². The summed E-state index contributed by atoms with van der Waals surface area (Å²) in [5, 5.41) is 0. The second-order valence-corrected chi connectivity index (χ2v) is 1.54. The number of Topliss-reactive ketones (excluding diaryl/α,β-unsaturated/α-hetero) is 1. The summed E-state index contributed by atoms with van der Waals surface area (Å²) in [5.74, 6) is -0.0582. The molecule has 2 nitrogen and oxygen atoms in total. The van der Waals surface area contributed by atoms with Gasteiger partial charge in [-0.15, -0.1) is 0 Å². The zero-order valence-corrected chi connectivity index (χ0v) is 4.97. The molecule has 0 atom stereocenters. The lowest BCUT2D eigenvalue weighted by atomic mass is 10.2. The molecule has 0 rings (SSSR count). The minimum absolute atomic E-state index is 0.0582. The number of allylic oxidation sites excluding steroid dienone is 2. The minimum atomic E-state index is -0.0582.